The molecule has 0 saturated carbocycles. The van der Waals surface area contributed by atoms with E-state index in [4.69, 9.17) is 46.9 Å². The molecule has 10 heteroatoms. The smallest absolute Gasteiger partial charge is 0.325 e. The molecule has 2 aromatic carbocycles. The van der Waals surface area contributed by atoms with Crippen molar-refractivity contribution in [2.45, 2.75) is 0 Å². The van der Waals surface area contributed by atoms with Crippen molar-refractivity contribution in [1.82, 2.24) is 5.32 Å². The molecule has 8 nitrogen and oxygen atoms in total. The number of ether oxygens (including phenoxy) is 5. The molecule has 0 unspecified atom stereocenters. The van der Waals surface area contributed by atoms with Crippen LogP contribution in [-0.2, 0) is 9.53 Å². The maximum atomic E-state index is 12.4. The standard InChI is InChI=1S/C20H21Cl2NO7/c1-26-15-9-12(10-16(27-2)19(15)28-3)20(25)23-11-17(24)29-7-8-30-18-13(21)5-4-6-14(18)22/h4-6,9-10H,7-8,11H2,1-3H3,(H,23,25). The van der Waals surface area contributed by atoms with E-state index in [1.54, 1.807) is 18.2 Å². The molecule has 0 bridgehead atoms. The Hall–Kier alpha value is -2.84. The van der Waals surface area contributed by atoms with Crippen LogP contribution < -0.4 is 24.3 Å². The summed E-state index contributed by atoms with van der Waals surface area (Å²) in [4.78, 5) is 24.2. The van der Waals surface area contributed by atoms with Crippen molar-refractivity contribution in [3.63, 3.8) is 0 Å². The van der Waals surface area contributed by atoms with Crippen LogP contribution >= 0.6 is 23.2 Å². The predicted molar refractivity (Wildman–Crippen MR) is 111 cm³/mol. The molecule has 0 aliphatic heterocycles. The highest BCUT2D eigenvalue weighted by Crippen LogP contribution is 2.38. The second kappa shape index (κ2) is 11.4. The Morgan fingerprint density at radius 1 is 0.900 bits per heavy atom. The van der Waals surface area contributed by atoms with E-state index in [0.717, 1.165) is 0 Å². The average Bonchev–Trinajstić information content (AvgIpc) is 2.75. The highest BCUT2D eigenvalue weighted by Gasteiger charge is 2.17. The third-order valence-corrected chi connectivity index (χ3v) is 4.43. The van der Waals surface area contributed by atoms with Crippen LogP contribution in [0.4, 0.5) is 0 Å². The van der Waals surface area contributed by atoms with Crippen LogP contribution in [0.3, 0.4) is 0 Å². The monoisotopic (exact) mass is 457 g/mol. The molecule has 0 fully saturated rings. The molecular weight excluding hydrogens is 437 g/mol. The summed E-state index contributed by atoms with van der Waals surface area (Å²) >= 11 is 12.0. The molecule has 1 N–H and O–H groups in total. The molecule has 0 aromatic heterocycles. The summed E-state index contributed by atoms with van der Waals surface area (Å²) in [5, 5.41) is 3.17. The summed E-state index contributed by atoms with van der Waals surface area (Å²) in [7, 11) is 4.34. The number of methoxy groups -OCH3 is 3. The quantitative estimate of drug-likeness (QED) is 0.431. The van der Waals surface area contributed by atoms with Gasteiger partial charge in [0.15, 0.2) is 17.2 Å². The van der Waals surface area contributed by atoms with Gasteiger partial charge in [0.05, 0.1) is 31.4 Å². The first-order valence-electron chi connectivity index (χ1n) is 8.71. The van der Waals surface area contributed by atoms with E-state index in [9.17, 15) is 9.59 Å². The van der Waals surface area contributed by atoms with Crippen molar-refractivity contribution in [3.05, 3.63) is 45.9 Å². The van der Waals surface area contributed by atoms with Gasteiger partial charge in [0.2, 0.25) is 5.75 Å². The topological polar surface area (TPSA) is 92.3 Å². The Kier molecular flexibility index (Phi) is 8.89. The Morgan fingerprint density at radius 3 is 2.03 bits per heavy atom. The van der Waals surface area contributed by atoms with Gasteiger partial charge in [-0.2, -0.15) is 0 Å². The second-order valence-corrected chi connectivity index (χ2v) is 6.53. The van der Waals surface area contributed by atoms with Crippen LogP contribution in [-0.4, -0.2) is 53.0 Å². The fourth-order valence-corrected chi connectivity index (χ4v) is 2.94. The van der Waals surface area contributed by atoms with E-state index in [-0.39, 0.29) is 25.3 Å². The molecule has 30 heavy (non-hydrogen) atoms. The number of carbonyl (C=O) groups is 2. The lowest BCUT2D eigenvalue weighted by molar-refractivity contribution is -0.143. The SMILES string of the molecule is COc1cc(C(=O)NCC(=O)OCCOc2c(Cl)cccc2Cl)cc(OC)c1OC. The van der Waals surface area contributed by atoms with Crippen LogP contribution in [0.5, 0.6) is 23.0 Å². The minimum Gasteiger partial charge on any atom is -0.493 e. The molecule has 0 heterocycles. The summed E-state index contributed by atoms with van der Waals surface area (Å²) in [6, 6.07) is 7.90. The van der Waals surface area contributed by atoms with Crippen molar-refractivity contribution in [2.24, 2.45) is 0 Å². The van der Waals surface area contributed by atoms with Gasteiger partial charge in [-0.15, -0.1) is 0 Å². The summed E-state index contributed by atoms with van der Waals surface area (Å²) in [5.74, 6) is 0.164. The first-order chi connectivity index (χ1) is 14.4. The molecule has 0 atom stereocenters. The van der Waals surface area contributed by atoms with Crippen LogP contribution in [0.2, 0.25) is 10.0 Å². The first kappa shape index (κ1) is 23.4. The summed E-state index contributed by atoms with van der Waals surface area (Å²) < 4.78 is 26.1. The van der Waals surface area contributed by atoms with Crippen molar-refractivity contribution in [1.29, 1.82) is 0 Å². The molecule has 2 rings (SSSR count). The number of nitrogens with one attached hydrogen (secondary N) is 1. The minimum absolute atomic E-state index is 0.0412. The normalized spacial score (nSPS) is 10.2. The van der Waals surface area contributed by atoms with Crippen molar-refractivity contribution in [2.75, 3.05) is 41.1 Å². The van der Waals surface area contributed by atoms with Gasteiger partial charge in [0.25, 0.3) is 5.91 Å². The third-order valence-electron chi connectivity index (χ3n) is 3.83. The maximum absolute atomic E-state index is 12.4. The number of carbonyl (C=O) groups excluding carboxylic acids is 2. The highest BCUT2D eigenvalue weighted by molar-refractivity contribution is 6.37. The van der Waals surface area contributed by atoms with Crippen LogP contribution in [0.15, 0.2) is 30.3 Å². The van der Waals surface area contributed by atoms with Gasteiger partial charge in [-0.25, -0.2) is 0 Å². The summed E-state index contributed by atoms with van der Waals surface area (Å²) in [6.45, 7) is -0.321. The second-order valence-electron chi connectivity index (χ2n) is 5.72. The van der Waals surface area contributed by atoms with Crippen LogP contribution in [0.1, 0.15) is 10.4 Å². The number of hydrogen-bond acceptors (Lipinski definition) is 7. The largest absolute Gasteiger partial charge is 0.493 e. The predicted octanol–water partition coefficient (Wildman–Crippen LogP) is 3.37. The number of amides is 1. The minimum atomic E-state index is -0.635. The average molecular weight is 458 g/mol. The molecule has 0 radical (unpaired) electrons. The molecular formula is C20H21Cl2NO7. The van der Waals surface area contributed by atoms with Gasteiger partial charge >= 0.3 is 5.97 Å². The Labute approximate surface area is 183 Å². The van der Waals surface area contributed by atoms with E-state index in [1.165, 1.54) is 33.5 Å². The van der Waals surface area contributed by atoms with E-state index >= 15 is 0 Å². The van der Waals surface area contributed by atoms with Crippen molar-refractivity contribution < 1.29 is 33.3 Å². The molecule has 1 amide bonds. The Balaban J connectivity index is 1.84. The van der Waals surface area contributed by atoms with E-state index < -0.39 is 11.9 Å². The lowest BCUT2D eigenvalue weighted by Crippen LogP contribution is -2.31. The Bertz CT molecular complexity index is 859. The molecule has 0 saturated heterocycles. The van der Waals surface area contributed by atoms with E-state index in [2.05, 4.69) is 5.32 Å². The zero-order valence-electron chi connectivity index (χ0n) is 16.6. The summed E-state index contributed by atoms with van der Waals surface area (Å²) in [6.07, 6.45) is 0. The molecule has 2 aromatic rings. The molecule has 0 aliphatic rings. The molecule has 0 spiro atoms. The lowest BCUT2D eigenvalue weighted by Gasteiger charge is -2.14. The molecule has 162 valence electrons. The number of hydrogen-bond donors (Lipinski definition) is 1. The zero-order chi connectivity index (χ0) is 22.1. The van der Waals surface area contributed by atoms with Crippen LogP contribution in [0.25, 0.3) is 0 Å². The highest BCUT2D eigenvalue weighted by atomic mass is 35.5. The number of halogens is 2. The van der Waals surface area contributed by atoms with E-state index in [1.807, 2.05) is 0 Å². The van der Waals surface area contributed by atoms with Crippen LogP contribution in [0, 0.1) is 0 Å². The zero-order valence-corrected chi connectivity index (χ0v) is 18.1. The first-order valence-corrected chi connectivity index (χ1v) is 9.47. The number of esters is 1. The Morgan fingerprint density at radius 2 is 1.50 bits per heavy atom. The van der Waals surface area contributed by atoms with Gasteiger partial charge in [-0.1, -0.05) is 29.3 Å². The number of rotatable bonds is 10. The third kappa shape index (κ3) is 6.08. The molecule has 0 aliphatic carbocycles. The fraction of sp³-hybridized carbons (Fsp3) is 0.300. The van der Waals surface area contributed by atoms with Gasteiger partial charge < -0.3 is 29.0 Å². The van der Waals surface area contributed by atoms with Gasteiger partial charge in [0.1, 0.15) is 19.8 Å². The lowest BCUT2D eigenvalue weighted by atomic mass is 10.1. The van der Waals surface area contributed by atoms with Gasteiger partial charge in [0, 0.05) is 5.56 Å². The summed E-state index contributed by atoms with van der Waals surface area (Å²) in [5.41, 5.74) is 0.231. The maximum Gasteiger partial charge on any atom is 0.325 e. The number of benzene rings is 2. The van der Waals surface area contributed by atoms with Gasteiger partial charge in [-0.05, 0) is 24.3 Å². The van der Waals surface area contributed by atoms with Crippen molar-refractivity contribution >= 4 is 35.1 Å². The fourth-order valence-electron chi connectivity index (χ4n) is 2.44. The number of para-hydroxylation sites is 1. The van der Waals surface area contributed by atoms with Crippen molar-refractivity contribution in [3.8, 4) is 23.0 Å². The van der Waals surface area contributed by atoms with Gasteiger partial charge in [-0.3, -0.25) is 9.59 Å². The van der Waals surface area contributed by atoms with E-state index in [0.29, 0.717) is 33.0 Å².